The van der Waals surface area contributed by atoms with Gasteiger partial charge in [0.05, 0.1) is 31.2 Å². The zero-order valence-corrected chi connectivity index (χ0v) is 19.2. The number of hydrogen-bond acceptors (Lipinski definition) is 7. The molecule has 0 radical (unpaired) electrons. The number of aromatic nitrogens is 3. The van der Waals surface area contributed by atoms with Gasteiger partial charge in [0.25, 0.3) is 5.56 Å². The predicted molar refractivity (Wildman–Crippen MR) is 125 cm³/mol. The van der Waals surface area contributed by atoms with Crippen LogP contribution < -0.4 is 15.0 Å². The third kappa shape index (κ3) is 4.81. The zero-order valence-electron chi connectivity index (χ0n) is 17.6. The minimum absolute atomic E-state index is 0.238. The Morgan fingerprint density at radius 1 is 1.09 bits per heavy atom. The Bertz CT molecular complexity index is 1320. The lowest BCUT2D eigenvalue weighted by atomic mass is 10.1. The highest BCUT2D eigenvalue weighted by Gasteiger charge is 2.17. The largest absolute Gasteiger partial charge is 0.497 e. The predicted octanol–water partition coefficient (Wildman–Crippen LogP) is 5.36. The maximum absolute atomic E-state index is 12.2. The summed E-state index contributed by atoms with van der Waals surface area (Å²) < 4.78 is 16.6. The molecule has 2 aromatic carbocycles. The highest BCUT2D eigenvalue weighted by Crippen LogP contribution is 2.34. The highest BCUT2D eigenvalue weighted by atomic mass is 35.5. The summed E-state index contributed by atoms with van der Waals surface area (Å²) in [5.74, 6) is 2.88. The number of thioether (sulfide) groups is 1. The fraction of sp³-hybridized carbons (Fsp3) is 0.174. The van der Waals surface area contributed by atoms with E-state index in [1.165, 1.54) is 17.8 Å². The first-order valence-corrected chi connectivity index (χ1v) is 11.0. The Morgan fingerprint density at radius 3 is 2.69 bits per heavy atom. The van der Waals surface area contributed by atoms with Crippen LogP contribution in [-0.4, -0.2) is 29.2 Å². The number of aromatic amines is 1. The molecule has 0 fully saturated rings. The van der Waals surface area contributed by atoms with E-state index in [-0.39, 0.29) is 5.56 Å². The second-order valence-corrected chi connectivity index (χ2v) is 8.22. The van der Waals surface area contributed by atoms with E-state index < -0.39 is 0 Å². The Labute approximate surface area is 193 Å². The van der Waals surface area contributed by atoms with E-state index in [1.54, 1.807) is 32.4 Å². The molecule has 7 nitrogen and oxygen atoms in total. The van der Waals surface area contributed by atoms with E-state index in [4.69, 9.17) is 25.5 Å². The Morgan fingerprint density at radius 2 is 1.94 bits per heavy atom. The van der Waals surface area contributed by atoms with Crippen LogP contribution >= 0.6 is 23.4 Å². The highest BCUT2D eigenvalue weighted by molar-refractivity contribution is 7.98. The van der Waals surface area contributed by atoms with Gasteiger partial charge in [0.2, 0.25) is 5.89 Å². The zero-order chi connectivity index (χ0) is 22.7. The van der Waals surface area contributed by atoms with Crippen LogP contribution in [0.1, 0.15) is 11.5 Å². The molecular formula is C23H20ClN3O4S. The van der Waals surface area contributed by atoms with Gasteiger partial charge in [-0.25, -0.2) is 9.97 Å². The first kappa shape index (κ1) is 22.0. The van der Waals surface area contributed by atoms with Crippen molar-refractivity contribution >= 4 is 23.4 Å². The maximum atomic E-state index is 12.2. The van der Waals surface area contributed by atoms with E-state index in [2.05, 4.69) is 15.0 Å². The van der Waals surface area contributed by atoms with Crippen LogP contribution in [0.4, 0.5) is 0 Å². The van der Waals surface area contributed by atoms with Crippen LogP contribution in [0.3, 0.4) is 0 Å². The maximum Gasteiger partial charge on any atom is 0.252 e. The molecule has 0 aliphatic carbocycles. The molecule has 0 spiro atoms. The summed E-state index contributed by atoms with van der Waals surface area (Å²) in [4.78, 5) is 24.1. The summed E-state index contributed by atoms with van der Waals surface area (Å²) in [5, 5.41) is 1.07. The average molecular weight is 470 g/mol. The van der Waals surface area contributed by atoms with Gasteiger partial charge in [-0.3, -0.25) is 4.79 Å². The molecule has 0 unspecified atom stereocenters. The number of aryl methyl sites for hydroxylation is 1. The minimum atomic E-state index is -0.238. The van der Waals surface area contributed by atoms with Crippen molar-refractivity contribution in [2.75, 3.05) is 14.2 Å². The van der Waals surface area contributed by atoms with Crippen molar-refractivity contribution in [2.24, 2.45) is 0 Å². The SMILES string of the molecule is COc1ccc(-c2nc(CSc3nc(-c4cccc(Cl)c4)cc(=O)[nH]3)c(C)o2)c(OC)c1. The van der Waals surface area contributed by atoms with Gasteiger partial charge in [0, 0.05) is 28.5 Å². The van der Waals surface area contributed by atoms with Gasteiger partial charge in [-0.15, -0.1) is 0 Å². The van der Waals surface area contributed by atoms with Gasteiger partial charge >= 0.3 is 0 Å². The number of oxazole rings is 1. The van der Waals surface area contributed by atoms with Crippen LogP contribution in [0.2, 0.25) is 5.02 Å². The van der Waals surface area contributed by atoms with E-state index in [0.717, 1.165) is 16.8 Å². The van der Waals surface area contributed by atoms with Crippen molar-refractivity contribution in [2.45, 2.75) is 17.8 Å². The Balaban J connectivity index is 1.57. The minimum Gasteiger partial charge on any atom is -0.497 e. The van der Waals surface area contributed by atoms with Crippen molar-refractivity contribution in [3.05, 3.63) is 75.4 Å². The van der Waals surface area contributed by atoms with Crippen molar-refractivity contribution in [3.63, 3.8) is 0 Å². The number of nitrogens with zero attached hydrogens (tertiary/aromatic N) is 2. The molecule has 0 aliphatic heterocycles. The number of benzene rings is 2. The van der Waals surface area contributed by atoms with Gasteiger partial charge in [-0.2, -0.15) is 0 Å². The van der Waals surface area contributed by atoms with Gasteiger partial charge < -0.3 is 18.9 Å². The molecule has 0 saturated carbocycles. The smallest absolute Gasteiger partial charge is 0.252 e. The molecule has 0 saturated heterocycles. The molecule has 164 valence electrons. The van der Waals surface area contributed by atoms with Gasteiger partial charge in [-0.05, 0) is 31.2 Å². The second kappa shape index (κ2) is 9.50. The molecule has 0 amide bonds. The number of halogens is 1. The third-order valence-electron chi connectivity index (χ3n) is 4.72. The van der Waals surface area contributed by atoms with Gasteiger partial charge in [0.15, 0.2) is 5.16 Å². The van der Waals surface area contributed by atoms with Crippen molar-refractivity contribution in [1.82, 2.24) is 15.0 Å². The summed E-state index contributed by atoms with van der Waals surface area (Å²) in [6.07, 6.45) is 0. The number of ether oxygens (including phenoxy) is 2. The summed E-state index contributed by atoms with van der Waals surface area (Å²) in [5.41, 5.74) is 2.56. The van der Waals surface area contributed by atoms with Crippen molar-refractivity contribution in [1.29, 1.82) is 0 Å². The summed E-state index contributed by atoms with van der Waals surface area (Å²) >= 11 is 7.44. The third-order valence-corrected chi connectivity index (χ3v) is 5.84. The second-order valence-electron chi connectivity index (χ2n) is 6.82. The first-order valence-electron chi connectivity index (χ1n) is 9.65. The monoisotopic (exact) mass is 469 g/mol. The quantitative estimate of drug-likeness (QED) is 0.287. The molecule has 0 aliphatic rings. The number of methoxy groups -OCH3 is 2. The first-order chi connectivity index (χ1) is 15.5. The van der Waals surface area contributed by atoms with Crippen LogP contribution in [-0.2, 0) is 5.75 Å². The molecule has 4 rings (SSSR count). The molecule has 0 bridgehead atoms. The van der Waals surface area contributed by atoms with Crippen molar-refractivity contribution < 1.29 is 13.9 Å². The van der Waals surface area contributed by atoms with E-state index >= 15 is 0 Å². The fourth-order valence-corrected chi connectivity index (χ4v) is 4.16. The molecule has 9 heteroatoms. The number of nitrogens with one attached hydrogen (secondary N) is 1. The topological polar surface area (TPSA) is 90.2 Å². The number of H-pyrrole nitrogens is 1. The van der Waals surface area contributed by atoms with Gasteiger partial charge in [-0.1, -0.05) is 35.5 Å². The molecule has 4 aromatic rings. The lowest BCUT2D eigenvalue weighted by Crippen LogP contribution is -2.08. The van der Waals surface area contributed by atoms with Crippen LogP contribution in [0, 0.1) is 6.92 Å². The average Bonchev–Trinajstić information content (AvgIpc) is 3.17. The summed E-state index contributed by atoms with van der Waals surface area (Å²) in [7, 11) is 3.18. The van der Waals surface area contributed by atoms with Gasteiger partial charge in [0.1, 0.15) is 17.3 Å². The Hall–Kier alpha value is -3.23. The lowest BCUT2D eigenvalue weighted by Gasteiger charge is -2.07. The fourth-order valence-electron chi connectivity index (χ4n) is 3.09. The lowest BCUT2D eigenvalue weighted by molar-refractivity contribution is 0.394. The molecule has 32 heavy (non-hydrogen) atoms. The number of rotatable bonds is 7. The normalized spacial score (nSPS) is 10.9. The molecule has 1 N–H and O–H groups in total. The molecular weight excluding hydrogens is 450 g/mol. The van der Waals surface area contributed by atoms with E-state index in [1.807, 2.05) is 31.2 Å². The Kier molecular flexibility index (Phi) is 6.53. The standard InChI is InChI=1S/C23H20ClN3O4S/c1-13-19(25-22(31-13)17-8-7-16(29-2)10-20(17)30-3)12-32-23-26-18(11-21(28)27-23)14-5-4-6-15(24)9-14/h4-11H,12H2,1-3H3,(H,26,27,28). The molecule has 2 aromatic heterocycles. The molecule has 0 atom stereocenters. The van der Waals surface area contributed by atoms with E-state index in [0.29, 0.717) is 44.8 Å². The van der Waals surface area contributed by atoms with Crippen LogP contribution in [0.15, 0.2) is 62.9 Å². The van der Waals surface area contributed by atoms with Crippen molar-refractivity contribution in [3.8, 4) is 34.2 Å². The number of hydrogen-bond donors (Lipinski definition) is 1. The molecule has 2 heterocycles. The summed E-state index contributed by atoms with van der Waals surface area (Å²) in [6, 6.07) is 14.1. The van der Waals surface area contributed by atoms with E-state index in [9.17, 15) is 4.79 Å². The van der Waals surface area contributed by atoms with Crippen LogP contribution in [0.5, 0.6) is 11.5 Å². The van der Waals surface area contributed by atoms with Crippen LogP contribution in [0.25, 0.3) is 22.7 Å². The summed E-state index contributed by atoms with van der Waals surface area (Å²) in [6.45, 7) is 1.85.